The Morgan fingerprint density at radius 1 is 1.32 bits per heavy atom. The first-order valence-corrected chi connectivity index (χ1v) is 7.76. The highest BCUT2D eigenvalue weighted by Gasteiger charge is 2.08. The quantitative estimate of drug-likeness (QED) is 0.645. The van der Waals surface area contributed by atoms with E-state index in [1.54, 1.807) is 19.0 Å². The van der Waals surface area contributed by atoms with E-state index in [0.717, 1.165) is 23.1 Å². The van der Waals surface area contributed by atoms with Crippen molar-refractivity contribution in [1.29, 1.82) is 0 Å². The second kappa shape index (κ2) is 9.30. The summed E-state index contributed by atoms with van der Waals surface area (Å²) in [5.74, 6) is 0.867. The van der Waals surface area contributed by atoms with E-state index < -0.39 is 0 Å². The first-order chi connectivity index (χ1) is 10.4. The number of amides is 1. The molecule has 1 aromatic rings. The van der Waals surface area contributed by atoms with Crippen LogP contribution >= 0.6 is 11.6 Å². The smallest absolute Gasteiger partial charge is 0.223 e. The van der Waals surface area contributed by atoms with Gasteiger partial charge in [-0.2, -0.15) is 0 Å². The van der Waals surface area contributed by atoms with Gasteiger partial charge < -0.3 is 15.1 Å². The number of nitrogens with one attached hydrogen (secondary N) is 1. The molecule has 1 rings (SSSR count). The fourth-order valence-corrected chi connectivity index (χ4v) is 2.15. The average Bonchev–Trinajstić information content (AvgIpc) is 2.46. The zero-order valence-electron chi connectivity index (χ0n) is 13.8. The van der Waals surface area contributed by atoms with Gasteiger partial charge in [-0.25, -0.2) is 0 Å². The summed E-state index contributed by atoms with van der Waals surface area (Å²) in [6, 6.07) is 7.77. The number of benzene rings is 1. The predicted molar refractivity (Wildman–Crippen MR) is 92.2 cm³/mol. The summed E-state index contributed by atoms with van der Waals surface area (Å²) < 4.78 is 0. The minimum atomic E-state index is 0.0806. The van der Waals surface area contributed by atoms with Crippen molar-refractivity contribution in [2.45, 2.75) is 19.9 Å². The molecule has 0 saturated carbocycles. The van der Waals surface area contributed by atoms with E-state index in [2.05, 4.69) is 10.3 Å². The van der Waals surface area contributed by atoms with Crippen molar-refractivity contribution < 1.29 is 4.79 Å². The van der Waals surface area contributed by atoms with Crippen molar-refractivity contribution in [2.75, 3.05) is 34.2 Å². The van der Waals surface area contributed by atoms with E-state index >= 15 is 0 Å². The molecule has 0 aliphatic carbocycles. The normalized spacial score (nSPS) is 11.2. The van der Waals surface area contributed by atoms with E-state index in [1.807, 2.05) is 43.1 Å². The van der Waals surface area contributed by atoms with Crippen LogP contribution in [0, 0.1) is 0 Å². The summed E-state index contributed by atoms with van der Waals surface area (Å²) in [4.78, 5) is 19.7. The largest absolute Gasteiger partial charge is 0.357 e. The van der Waals surface area contributed by atoms with Gasteiger partial charge in [-0.05, 0) is 24.6 Å². The van der Waals surface area contributed by atoms with Gasteiger partial charge in [0.25, 0.3) is 0 Å². The molecule has 0 atom stereocenters. The van der Waals surface area contributed by atoms with Crippen molar-refractivity contribution in [2.24, 2.45) is 4.99 Å². The Morgan fingerprint density at radius 2 is 2.05 bits per heavy atom. The lowest BCUT2D eigenvalue weighted by molar-refractivity contribution is -0.128. The van der Waals surface area contributed by atoms with Gasteiger partial charge in [0.1, 0.15) is 0 Å². The molecule has 0 radical (unpaired) electrons. The van der Waals surface area contributed by atoms with Gasteiger partial charge in [-0.15, -0.1) is 0 Å². The minimum Gasteiger partial charge on any atom is -0.357 e. The topological polar surface area (TPSA) is 47.9 Å². The third-order valence-corrected chi connectivity index (χ3v) is 3.33. The number of carbonyl (C=O) groups is 1. The van der Waals surface area contributed by atoms with Crippen LogP contribution in [0.1, 0.15) is 18.9 Å². The molecule has 0 saturated heterocycles. The molecule has 0 aliphatic rings. The molecule has 0 aliphatic heterocycles. The second-order valence-corrected chi connectivity index (χ2v) is 5.70. The Balaban J connectivity index is 2.66. The number of hydrogen-bond acceptors (Lipinski definition) is 2. The number of rotatable bonds is 6. The Kier molecular flexibility index (Phi) is 7.74. The summed E-state index contributed by atoms with van der Waals surface area (Å²) >= 11 is 6.01. The first-order valence-electron chi connectivity index (χ1n) is 7.38. The van der Waals surface area contributed by atoms with E-state index in [4.69, 9.17) is 11.6 Å². The monoisotopic (exact) mass is 324 g/mol. The van der Waals surface area contributed by atoms with Gasteiger partial charge in [0.15, 0.2) is 5.96 Å². The molecule has 122 valence electrons. The summed E-state index contributed by atoms with van der Waals surface area (Å²) in [5.41, 5.74) is 1.12. The molecule has 0 unspecified atom stereocenters. The van der Waals surface area contributed by atoms with Crippen molar-refractivity contribution in [1.82, 2.24) is 15.1 Å². The summed E-state index contributed by atoms with van der Waals surface area (Å²) in [7, 11) is 5.47. The molecule has 6 heteroatoms. The SMILES string of the molecule is CCNC(=NCCC(=O)N(C)C)N(C)Cc1cccc(Cl)c1. The molecule has 0 fully saturated rings. The highest BCUT2D eigenvalue weighted by atomic mass is 35.5. The fraction of sp³-hybridized carbons (Fsp3) is 0.500. The van der Waals surface area contributed by atoms with Gasteiger partial charge in [0.2, 0.25) is 5.91 Å². The molecule has 22 heavy (non-hydrogen) atoms. The van der Waals surface area contributed by atoms with Crippen molar-refractivity contribution >= 4 is 23.5 Å². The summed E-state index contributed by atoms with van der Waals surface area (Å²) in [6.45, 7) is 3.97. The molecule has 0 bridgehead atoms. The molecule has 5 nitrogen and oxygen atoms in total. The highest BCUT2D eigenvalue weighted by molar-refractivity contribution is 6.30. The Bertz CT molecular complexity index is 517. The average molecular weight is 325 g/mol. The van der Waals surface area contributed by atoms with Crippen LogP contribution in [0.2, 0.25) is 5.02 Å². The Morgan fingerprint density at radius 3 is 2.64 bits per heavy atom. The maximum Gasteiger partial charge on any atom is 0.223 e. The van der Waals surface area contributed by atoms with Gasteiger partial charge in [-0.3, -0.25) is 9.79 Å². The predicted octanol–water partition coefficient (Wildman–Crippen LogP) is 2.22. The Hall–Kier alpha value is -1.75. The lowest BCUT2D eigenvalue weighted by atomic mass is 10.2. The van der Waals surface area contributed by atoms with Crippen molar-refractivity contribution in [3.05, 3.63) is 34.9 Å². The molecule has 1 N–H and O–H groups in total. The molecule has 0 aromatic heterocycles. The van der Waals surface area contributed by atoms with Crippen molar-refractivity contribution in [3.8, 4) is 0 Å². The molecular formula is C16H25ClN4O. The maximum atomic E-state index is 11.6. The van der Waals surface area contributed by atoms with Gasteiger partial charge in [0, 0.05) is 45.7 Å². The van der Waals surface area contributed by atoms with Crippen LogP contribution < -0.4 is 5.32 Å². The summed E-state index contributed by atoms with van der Waals surface area (Å²) in [5, 5.41) is 3.96. The number of guanidine groups is 1. The third kappa shape index (κ3) is 6.35. The third-order valence-electron chi connectivity index (χ3n) is 3.09. The van der Waals surface area contributed by atoms with Gasteiger partial charge in [0.05, 0.1) is 6.54 Å². The number of halogens is 1. The molecule has 1 aromatic carbocycles. The van der Waals surface area contributed by atoms with Crippen LogP contribution in [0.15, 0.2) is 29.3 Å². The molecular weight excluding hydrogens is 300 g/mol. The van der Waals surface area contributed by atoms with E-state index in [1.165, 1.54) is 0 Å². The van der Waals surface area contributed by atoms with E-state index in [-0.39, 0.29) is 5.91 Å². The van der Waals surface area contributed by atoms with Crippen LogP contribution in [0.3, 0.4) is 0 Å². The Labute approximate surface area is 138 Å². The zero-order chi connectivity index (χ0) is 16.5. The second-order valence-electron chi connectivity index (χ2n) is 5.26. The van der Waals surface area contributed by atoms with Crippen LogP contribution in [-0.2, 0) is 11.3 Å². The summed E-state index contributed by atoms with van der Waals surface area (Å²) in [6.07, 6.45) is 0.410. The van der Waals surface area contributed by atoms with Crippen LogP contribution in [0.5, 0.6) is 0 Å². The maximum absolute atomic E-state index is 11.6. The van der Waals surface area contributed by atoms with Crippen LogP contribution in [0.25, 0.3) is 0 Å². The minimum absolute atomic E-state index is 0.0806. The first kappa shape index (κ1) is 18.3. The standard InChI is InChI=1S/C16H25ClN4O/c1-5-18-16(19-10-9-15(22)20(2)3)21(4)12-13-7-6-8-14(17)11-13/h6-8,11H,5,9-10,12H2,1-4H3,(H,18,19). The van der Waals surface area contributed by atoms with Crippen LogP contribution in [0.4, 0.5) is 0 Å². The lowest BCUT2D eigenvalue weighted by Crippen LogP contribution is -2.38. The molecule has 0 spiro atoms. The highest BCUT2D eigenvalue weighted by Crippen LogP contribution is 2.12. The van der Waals surface area contributed by atoms with Crippen LogP contribution in [-0.4, -0.2) is 55.9 Å². The molecule has 0 heterocycles. The lowest BCUT2D eigenvalue weighted by Gasteiger charge is -2.22. The fourth-order valence-electron chi connectivity index (χ4n) is 1.93. The van der Waals surface area contributed by atoms with Gasteiger partial charge >= 0.3 is 0 Å². The number of aliphatic imine (C=N–C) groups is 1. The van der Waals surface area contributed by atoms with E-state index in [9.17, 15) is 4.79 Å². The number of hydrogen-bond donors (Lipinski definition) is 1. The van der Waals surface area contributed by atoms with Crippen molar-refractivity contribution in [3.63, 3.8) is 0 Å². The zero-order valence-corrected chi connectivity index (χ0v) is 14.5. The number of carbonyl (C=O) groups excluding carboxylic acids is 1. The molecule has 1 amide bonds. The van der Waals surface area contributed by atoms with E-state index in [0.29, 0.717) is 19.5 Å². The number of nitrogens with zero attached hydrogens (tertiary/aromatic N) is 3. The van der Waals surface area contributed by atoms with Gasteiger partial charge in [-0.1, -0.05) is 23.7 Å².